The van der Waals surface area contributed by atoms with Gasteiger partial charge in [0.25, 0.3) is 20.2 Å². The standard InChI is InChI=1S/C45H65N7O6S2/c1-44(2)37-31-35(59(53,54)55)19-21-39(37)49(27-13-29-51(5,6)7)41(44)23-17-33-15-11-16-34(43(33)47-25-12-26-48-46)18-24-42-45(3,4)38-32-36(60(56,57)58)20-22-40(38)50(42)28-14-30-52(8,9)10/h17-24,31-32H,11-16,25-30H2,1-10H3,(H-,53,54,55,56,57,58)/p+2/b33-17+,41-23+. The lowest BCUT2D eigenvalue weighted by molar-refractivity contribution is -0.871. The van der Waals surface area contributed by atoms with Gasteiger partial charge in [-0.05, 0) is 92.6 Å². The summed E-state index contributed by atoms with van der Waals surface area (Å²) in [5.41, 5.74) is 17.0. The summed E-state index contributed by atoms with van der Waals surface area (Å²) < 4.78 is 72.8. The van der Waals surface area contributed by atoms with Crippen molar-refractivity contribution >= 4 is 37.3 Å². The lowest BCUT2D eigenvalue weighted by Crippen LogP contribution is -2.37. The fraction of sp³-hybridized carbons (Fsp3) is 0.533. The molecule has 3 aliphatic rings. The van der Waals surface area contributed by atoms with Crippen LogP contribution in [0.15, 0.2) is 98.1 Å². The summed E-state index contributed by atoms with van der Waals surface area (Å²) in [7, 11) is 4.22. The smallest absolute Gasteiger partial charge is 0.294 e. The largest absolute Gasteiger partial charge is 0.712 e. The number of nitrogens with one attached hydrogen (secondary N) is 1. The van der Waals surface area contributed by atoms with E-state index in [1.165, 1.54) is 12.1 Å². The highest BCUT2D eigenvalue weighted by molar-refractivity contribution is 7.86. The molecular formula is C45H67N7O6S2+2. The summed E-state index contributed by atoms with van der Waals surface area (Å²) >= 11 is 0. The number of allylic oxidation sites excluding steroid dienone is 7. The molecule has 3 N–H and O–H groups in total. The molecule has 0 spiro atoms. The average molecular weight is 866 g/mol. The van der Waals surface area contributed by atoms with Crippen LogP contribution < -0.4 is 10.2 Å². The summed E-state index contributed by atoms with van der Waals surface area (Å²) in [6.45, 7) is 12.7. The maximum Gasteiger partial charge on any atom is 0.294 e. The van der Waals surface area contributed by atoms with Gasteiger partial charge in [0.1, 0.15) is 0 Å². The van der Waals surface area contributed by atoms with Gasteiger partial charge in [0.2, 0.25) is 5.69 Å². The van der Waals surface area contributed by atoms with Gasteiger partial charge >= 0.3 is 0 Å². The zero-order chi connectivity index (χ0) is 44.5. The maximum atomic E-state index is 12.2. The summed E-state index contributed by atoms with van der Waals surface area (Å²) in [6.07, 6.45) is 13.7. The van der Waals surface area contributed by atoms with Crippen molar-refractivity contribution in [1.29, 1.82) is 0 Å². The van der Waals surface area contributed by atoms with Crippen LogP contribution >= 0.6 is 0 Å². The molecule has 0 atom stereocenters. The molecule has 0 amide bonds. The van der Waals surface area contributed by atoms with Gasteiger partial charge in [-0.3, -0.25) is 9.11 Å². The molecular weight excluding hydrogens is 799 g/mol. The first-order valence-electron chi connectivity index (χ1n) is 20.9. The van der Waals surface area contributed by atoms with Gasteiger partial charge in [0.15, 0.2) is 12.3 Å². The second kappa shape index (κ2) is 17.8. The third kappa shape index (κ3) is 10.9. The molecule has 1 aliphatic carbocycles. The predicted octanol–water partition coefficient (Wildman–Crippen LogP) is 7.35. The van der Waals surface area contributed by atoms with Crippen molar-refractivity contribution in [3.05, 3.63) is 99.9 Å². The Balaban J connectivity index is 1.61. The average Bonchev–Trinajstić information content (AvgIpc) is 3.47. The molecule has 2 heterocycles. The van der Waals surface area contributed by atoms with Crippen molar-refractivity contribution in [1.82, 2.24) is 5.32 Å². The van der Waals surface area contributed by atoms with Crippen LogP contribution in [0, 0.1) is 0 Å². The molecule has 5 rings (SSSR count). The van der Waals surface area contributed by atoms with Gasteiger partial charge in [0.05, 0.1) is 77.0 Å². The third-order valence-corrected chi connectivity index (χ3v) is 13.6. The molecule has 328 valence electrons. The molecule has 60 heavy (non-hydrogen) atoms. The van der Waals surface area contributed by atoms with Crippen molar-refractivity contribution in [3.8, 4) is 0 Å². The minimum atomic E-state index is -4.39. The van der Waals surface area contributed by atoms with Crippen molar-refractivity contribution in [2.45, 2.75) is 86.8 Å². The van der Waals surface area contributed by atoms with E-state index in [9.17, 15) is 31.5 Å². The summed E-state index contributed by atoms with van der Waals surface area (Å²) in [6, 6.07) is 9.76. The van der Waals surface area contributed by atoms with E-state index in [-0.39, 0.29) is 9.79 Å². The molecule has 13 nitrogen and oxygen atoms in total. The normalized spacial score (nSPS) is 19.5. The first-order chi connectivity index (χ1) is 27.8. The molecule has 0 saturated carbocycles. The molecule has 2 aromatic rings. The fourth-order valence-corrected chi connectivity index (χ4v) is 9.74. The monoisotopic (exact) mass is 865 g/mol. The number of quaternary nitrogens is 2. The van der Waals surface area contributed by atoms with Gasteiger partial charge in [-0.15, -0.1) is 0 Å². The predicted molar refractivity (Wildman–Crippen MR) is 240 cm³/mol. The minimum absolute atomic E-state index is 0.120. The Bertz CT molecular complexity index is 2360. The molecule has 0 unspecified atom stereocenters. The van der Waals surface area contributed by atoms with Gasteiger partial charge in [-0.25, -0.2) is 0 Å². The van der Waals surface area contributed by atoms with E-state index in [2.05, 4.69) is 114 Å². The number of rotatable bonds is 18. The van der Waals surface area contributed by atoms with E-state index in [0.29, 0.717) is 19.5 Å². The Morgan fingerprint density at radius 2 is 1.43 bits per heavy atom. The molecule has 2 aliphatic heterocycles. The van der Waals surface area contributed by atoms with Crippen molar-refractivity contribution in [3.63, 3.8) is 0 Å². The van der Waals surface area contributed by atoms with Crippen LogP contribution in [-0.4, -0.2) is 127 Å². The van der Waals surface area contributed by atoms with Crippen LogP contribution in [0.2, 0.25) is 0 Å². The molecule has 0 saturated heterocycles. The Labute approximate surface area is 359 Å². The number of fused-ring (bicyclic) bond motifs is 2. The summed E-state index contributed by atoms with van der Waals surface area (Å²) in [5, 5.41) is 7.01. The van der Waals surface area contributed by atoms with Crippen LogP contribution in [0.1, 0.15) is 77.3 Å². The zero-order valence-electron chi connectivity index (χ0n) is 37.3. The van der Waals surface area contributed by atoms with Crippen molar-refractivity contribution in [2.75, 3.05) is 86.5 Å². The van der Waals surface area contributed by atoms with Crippen LogP contribution in [0.3, 0.4) is 0 Å². The highest BCUT2D eigenvalue weighted by atomic mass is 32.2. The van der Waals surface area contributed by atoms with E-state index < -0.39 is 31.1 Å². The second-order valence-electron chi connectivity index (χ2n) is 19.5. The molecule has 0 aromatic heterocycles. The SMILES string of the molecule is CC1(C)C(/C=C/C2=C(NCCCN=[N-])C(=C/C=C3/N(CCC[N+](C)(C)C)c4ccc(S(=O)(=O)O)cc4C3(C)C)/CCC2)=[N+](CCC[N+](C)(C)C)c2ccc(S(=O)(=O)O)cc21. The van der Waals surface area contributed by atoms with Crippen LogP contribution in [0.4, 0.5) is 11.4 Å². The minimum Gasteiger partial charge on any atom is -0.712 e. The topological polar surface area (TPSA) is 162 Å². The van der Waals surface area contributed by atoms with Gasteiger partial charge in [0, 0.05) is 66.3 Å². The number of hydrogen-bond donors (Lipinski definition) is 3. The van der Waals surface area contributed by atoms with Crippen LogP contribution in [-0.2, 0) is 31.1 Å². The Kier molecular flexibility index (Phi) is 13.9. The van der Waals surface area contributed by atoms with Crippen molar-refractivity contribution in [2.24, 2.45) is 5.11 Å². The molecule has 0 radical (unpaired) electrons. The summed E-state index contributed by atoms with van der Waals surface area (Å²) in [4.78, 5) is 2.05. The van der Waals surface area contributed by atoms with E-state index in [0.717, 1.165) is 118 Å². The summed E-state index contributed by atoms with van der Waals surface area (Å²) in [5.74, 6) is 0. The van der Waals surface area contributed by atoms with Crippen LogP contribution in [0.25, 0.3) is 5.53 Å². The highest BCUT2D eigenvalue weighted by Crippen LogP contribution is 2.49. The highest BCUT2D eigenvalue weighted by Gasteiger charge is 2.45. The zero-order valence-corrected chi connectivity index (χ0v) is 38.9. The first kappa shape index (κ1) is 47.1. The van der Waals surface area contributed by atoms with Gasteiger partial charge < -0.3 is 29.8 Å². The fourth-order valence-electron chi connectivity index (χ4n) is 8.73. The molecule has 2 aromatic carbocycles. The number of nitrogens with zero attached hydrogens (tertiary/aromatic N) is 6. The lowest BCUT2D eigenvalue weighted by atomic mass is 9.81. The number of anilines is 1. The first-order valence-corrected chi connectivity index (χ1v) is 23.8. The van der Waals surface area contributed by atoms with E-state index in [1.54, 1.807) is 24.3 Å². The van der Waals surface area contributed by atoms with Crippen molar-refractivity contribution < 1.29 is 39.5 Å². The van der Waals surface area contributed by atoms with E-state index >= 15 is 0 Å². The maximum absolute atomic E-state index is 12.2. The Morgan fingerprint density at radius 1 is 0.817 bits per heavy atom. The quantitative estimate of drug-likeness (QED) is 0.0461. The van der Waals surface area contributed by atoms with Gasteiger partial charge in [-0.1, -0.05) is 26.0 Å². The van der Waals surface area contributed by atoms with Crippen LogP contribution in [0.5, 0.6) is 0 Å². The molecule has 0 fully saturated rings. The van der Waals surface area contributed by atoms with E-state index in [1.807, 2.05) is 0 Å². The second-order valence-corrected chi connectivity index (χ2v) is 22.3. The Hall–Kier alpha value is -3.99. The number of benzene rings is 2. The molecule has 0 bridgehead atoms. The third-order valence-electron chi connectivity index (χ3n) is 11.9. The Morgan fingerprint density at radius 3 is 2.05 bits per heavy atom. The number of hydrogen-bond acceptors (Lipinski definition) is 7. The van der Waals surface area contributed by atoms with E-state index in [4.69, 9.17) is 0 Å². The van der Waals surface area contributed by atoms with Gasteiger partial charge in [-0.2, -0.15) is 21.4 Å². The lowest BCUT2D eigenvalue weighted by Gasteiger charge is -2.29. The molecule has 15 heteroatoms.